The molecule has 0 saturated carbocycles. The minimum Gasteiger partial charge on any atom is -0.349 e. The fraction of sp³-hybridized carbons (Fsp3) is 0.643. The lowest BCUT2D eigenvalue weighted by atomic mass is 10.1. The summed E-state index contributed by atoms with van der Waals surface area (Å²) in [6.07, 6.45) is 0.479. The van der Waals surface area contributed by atoms with Crippen molar-refractivity contribution < 1.29 is 4.79 Å². The number of rotatable bonds is 7. The fourth-order valence-electron chi connectivity index (χ4n) is 2.04. The number of hydrogen-bond acceptors (Lipinski definition) is 4. The third-order valence-electron chi connectivity index (χ3n) is 3.23. The average Bonchev–Trinajstić information content (AvgIpc) is 2.85. The van der Waals surface area contributed by atoms with E-state index in [-0.39, 0.29) is 11.9 Å². The lowest BCUT2D eigenvalue weighted by molar-refractivity contribution is -0.130. The van der Waals surface area contributed by atoms with Crippen LogP contribution >= 0.6 is 11.3 Å². The van der Waals surface area contributed by atoms with Crippen LogP contribution in [0.5, 0.6) is 0 Å². The smallest absolute Gasteiger partial charge is 0.223 e. The molecule has 2 N–H and O–H groups in total. The van der Waals surface area contributed by atoms with E-state index in [4.69, 9.17) is 5.73 Å². The molecule has 1 rings (SSSR count). The third-order valence-corrected chi connectivity index (χ3v) is 4.09. The molecule has 0 aliphatic heterocycles. The Morgan fingerprint density at radius 3 is 2.53 bits per heavy atom. The number of amides is 1. The van der Waals surface area contributed by atoms with E-state index in [0.717, 1.165) is 6.54 Å². The highest BCUT2D eigenvalue weighted by molar-refractivity contribution is 7.09. The Morgan fingerprint density at radius 1 is 1.42 bits per heavy atom. The van der Waals surface area contributed by atoms with Gasteiger partial charge in [0.1, 0.15) is 0 Å². The normalized spacial score (nSPS) is 13.0. The molecule has 0 radical (unpaired) electrons. The SMILES string of the molecule is CC(C)N(Cc1cccs1)C(CN)CC(=O)N(C)C. The van der Waals surface area contributed by atoms with E-state index in [0.29, 0.717) is 19.0 Å². The Bertz CT molecular complexity index is 376. The van der Waals surface area contributed by atoms with Gasteiger partial charge in [0.05, 0.1) is 0 Å². The molecule has 19 heavy (non-hydrogen) atoms. The topological polar surface area (TPSA) is 49.6 Å². The van der Waals surface area contributed by atoms with Gasteiger partial charge in [-0.2, -0.15) is 0 Å². The van der Waals surface area contributed by atoms with Gasteiger partial charge in [-0.3, -0.25) is 9.69 Å². The van der Waals surface area contributed by atoms with E-state index < -0.39 is 0 Å². The summed E-state index contributed by atoms with van der Waals surface area (Å²) in [6.45, 7) is 5.66. The molecular weight excluding hydrogens is 258 g/mol. The number of carbonyl (C=O) groups is 1. The molecule has 1 aromatic heterocycles. The second kappa shape index (κ2) is 7.62. The molecule has 1 amide bonds. The van der Waals surface area contributed by atoms with Crippen LogP contribution in [0.1, 0.15) is 25.1 Å². The second-order valence-corrected chi connectivity index (χ2v) is 6.26. The molecule has 4 nitrogen and oxygen atoms in total. The first-order valence-electron chi connectivity index (χ1n) is 6.64. The van der Waals surface area contributed by atoms with Crippen molar-refractivity contribution in [3.8, 4) is 0 Å². The lowest BCUT2D eigenvalue weighted by Crippen LogP contribution is -2.46. The van der Waals surface area contributed by atoms with Crippen molar-refractivity contribution in [2.24, 2.45) is 5.73 Å². The summed E-state index contributed by atoms with van der Waals surface area (Å²) < 4.78 is 0. The number of thiophene rings is 1. The number of hydrogen-bond donors (Lipinski definition) is 1. The Labute approximate surface area is 120 Å². The summed E-state index contributed by atoms with van der Waals surface area (Å²) in [7, 11) is 3.57. The largest absolute Gasteiger partial charge is 0.349 e. The van der Waals surface area contributed by atoms with Gasteiger partial charge in [-0.05, 0) is 25.3 Å². The fourth-order valence-corrected chi connectivity index (χ4v) is 2.75. The van der Waals surface area contributed by atoms with Gasteiger partial charge in [0, 0.05) is 50.6 Å². The molecule has 0 saturated heterocycles. The van der Waals surface area contributed by atoms with Crippen molar-refractivity contribution in [3.63, 3.8) is 0 Å². The quantitative estimate of drug-likeness (QED) is 0.829. The summed E-state index contributed by atoms with van der Waals surface area (Å²) in [4.78, 5) is 17.1. The zero-order chi connectivity index (χ0) is 14.4. The number of nitrogens with zero attached hydrogens (tertiary/aromatic N) is 2. The van der Waals surface area contributed by atoms with Crippen LogP contribution in [0, 0.1) is 0 Å². The monoisotopic (exact) mass is 283 g/mol. The molecule has 1 heterocycles. The molecule has 1 aromatic rings. The summed E-state index contributed by atoms with van der Waals surface area (Å²) >= 11 is 1.74. The van der Waals surface area contributed by atoms with Crippen molar-refractivity contribution in [3.05, 3.63) is 22.4 Å². The van der Waals surface area contributed by atoms with Gasteiger partial charge in [-0.25, -0.2) is 0 Å². The van der Waals surface area contributed by atoms with E-state index in [1.165, 1.54) is 4.88 Å². The Morgan fingerprint density at radius 2 is 2.11 bits per heavy atom. The maximum atomic E-state index is 11.9. The van der Waals surface area contributed by atoms with Crippen molar-refractivity contribution in [2.45, 2.75) is 38.9 Å². The second-order valence-electron chi connectivity index (χ2n) is 5.23. The molecule has 0 bridgehead atoms. The summed E-state index contributed by atoms with van der Waals surface area (Å²) in [5.74, 6) is 0.132. The predicted octanol–water partition coefficient (Wildman–Crippen LogP) is 1.76. The zero-order valence-corrected chi connectivity index (χ0v) is 13.1. The van der Waals surface area contributed by atoms with Crippen molar-refractivity contribution in [1.29, 1.82) is 0 Å². The molecule has 5 heteroatoms. The Hall–Kier alpha value is -0.910. The van der Waals surface area contributed by atoms with Gasteiger partial charge in [-0.15, -0.1) is 11.3 Å². The van der Waals surface area contributed by atoms with Gasteiger partial charge in [0.25, 0.3) is 0 Å². The molecule has 0 fully saturated rings. The summed E-state index contributed by atoms with van der Waals surface area (Å²) in [5.41, 5.74) is 5.88. The highest BCUT2D eigenvalue weighted by atomic mass is 32.1. The molecule has 1 unspecified atom stereocenters. The minimum atomic E-state index is 0.0944. The highest BCUT2D eigenvalue weighted by Gasteiger charge is 2.23. The molecule has 1 atom stereocenters. The maximum Gasteiger partial charge on any atom is 0.223 e. The predicted molar refractivity (Wildman–Crippen MR) is 81.2 cm³/mol. The lowest BCUT2D eigenvalue weighted by Gasteiger charge is -2.34. The summed E-state index contributed by atoms with van der Waals surface area (Å²) in [5, 5.41) is 2.08. The van der Waals surface area contributed by atoms with E-state index >= 15 is 0 Å². The van der Waals surface area contributed by atoms with Gasteiger partial charge < -0.3 is 10.6 Å². The van der Waals surface area contributed by atoms with Crippen LogP contribution in [0.2, 0.25) is 0 Å². The molecule has 0 aliphatic rings. The summed E-state index contributed by atoms with van der Waals surface area (Å²) in [6, 6.07) is 4.64. The molecule has 108 valence electrons. The standard InChI is InChI=1S/C14H25N3OS/c1-11(2)17(10-13-6-5-7-19-13)12(9-15)8-14(18)16(3)4/h5-7,11-12H,8-10,15H2,1-4H3. The van der Waals surface area contributed by atoms with Gasteiger partial charge in [-0.1, -0.05) is 6.07 Å². The van der Waals surface area contributed by atoms with Gasteiger partial charge in [0.15, 0.2) is 0 Å². The average molecular weight is 283 g/mol. The van der Waals surface area contributed by atoms with Crippen molar-refractivity contribution >= 4 is 17.2 Å². The van der Waals surface area contributed by atoms with Crippen LogP contribution < -0.4 is 5.73 Å². The molecule has 0 aliphatic carbocycles. The van der Waals surface area contributed by atoms with Gasteiger partial charge >= 0.3 is 0 Å². The van der Waals surface area contributed by atoms with Crippen LogP contribution in [0.25, 0.3) is 0 Å². The number of nitrogens with two attached hydrogens (primary N) is 1. The van der Waals surface area contributed by atoms with E-state index in [9.17, 15) is 4.79 Å². The highest BCUT2D eigenvalue weighted by Crippen LogP contribution is 2.18. The Balaban J connectivity index is 2.74. The minimum absolute atomic E-state index is 0.0944. The van der Waals surface area contributed by atoms with Crippen LogP contribution in [-0.2, 0) is 11.3 Å². The number of carbonyl (C=O) groups excluding carboxylic acids is 1. The maximum absolute atomic E-state index is 11.9. The molecule has 0 spiro atoms. The van der Waals surface area contributed by atoms with Crippen LogP contribution in [0.3, 0.4) is 0 Å². The van der Waals surface area contributed by atoms with E-state index in [1.54, 1.807) is 30.3 Å². The molecular formula is C14H25N3OS. The van der Waals surface area contributed by atoms with Crippen LogP contribution in [0.4, 0.5) is 0 Å². The first-order valence-corrected chi connectivity index (χ1v) is 7.52. The first-order chi connectivity index (χ1) is 8.95. The Kier molecular flexibility index (Phi) is 6.48. The van der Waals surface area contributed by atoms with Crippen LogP contribution in [-0.4, -0.2) is 48.4 Å². The van der Waals surface area contributed by atoms with Crippen LogP contribution in [0.15, 0.2) is 17.5 Å². The van der Waals surface area contributed by atoms with E-state index in [2.05, 4.69) is 36.3 Å². The molecule has 0 aromatic carbocycles. The zero-order valence-electron chi connectivity index (χ0n) is 12.3. The third kappa shape index (κ3) is 4.93. The van der Waals surface area contributed by atoms with Crippen molar-refractivity contribution in [2.75, 3.05) is 20.6 Å². The van der Waals surface area contributed by atoms with Crippen molar-refractivity contribution in [1.82, 2.24) is 9.80 Å². The first kappa shape index (κ1) is 16.1. The van der Waals surface area contributed by atoms with E-state index in [1.807, 2.05) is 0 Å². The van der Waals surface area contributed by atoms with Gasteiger partial charge in [0.2, 0.25) is 5.91 Å².